The average molecular weight is 395 g/mol. The van der Waals surface area contributed by atoms with Crippen molar-refractivity contribution in [2.24, 2.45) is 5.73 Å². The zero-order valence-corrected chi connectivity index (χ0v) is 17.9. The lowest BCUT2D eigenvalue weighted by Gasteiger charge is -2.36. The molecule has 1 rings (SSSR count). The van der Waals surface area contributed by atoms with Gasteiger partial charge in [0.25, 0.3) is 5.91 Å². The summed E-state index contributed by atoms with van der Waals surface area (Å²) in [6, 6.07) is 5.22. The zero-order chi connectivity index (χ0) is 20.8. The van der Waals surface area contributed by atoms with E-state index >= 15 is 0 Å². The van der Waals surface area contributed by atoms with Crippen molar-refractivity contribution in [2.45, 2.75) is 58.3 Å². The van der Waals surface area contributed by atoms with Gasteiger partial charge in [-0.25, -0.2) is 0 Å². The molecule has 2 amide bonds. The van der Waals surface area contributed by atoms with Crippen LogP contribution in [0.5, 0.6) is 5.75 Å². The Bertz CT molecular complexity index is 680. The summed E-state index contributed by atoms with van der Waals surface area (Å²) in [5, 5.41) is 2.69. The number of carbonyl (C=O) groups excluding carboxylic acids is 3. The second-order valence-electron chi connectivity index (χ2n) is 7.94. The van der Waals surface area contributed by atoms with Gasteiger partial charge in [0.05, 0.1) is 0 Å². The van der Waals surface area contributed by atoms with E-state index in [1.807, 2.05) is 0 Å². The van der Waals surface area contributed by atoms with E-state index in [9.17, 15) is 14.4 Å². The largest absolute Gasteiger partial charge is 0.427 e. The maximum Gasteiger partial charge on any atom is 0.308 e. The summed E-state index contributed by atoms with van der Waals surface area (Å²) in [4.78, 5) is 35.0. The first-order valence-electron chi connectivity index (χ1n) is 8.86. The molecule has 0 saturated carbocycles. The van der Waals surface area contributed by atoms with E-state index in [1.165, 1.54) is 31.2 Å². The van der Waals surface area contributed by atoms with Crippen LogP contribution in [0, 0.1) is 0 Å². The maximum absolute atomic E-state index is 12.4. The Hall–Kier alpha value is -2.19. The van der Waals surface area contributed by atoms with E-state index in [4.69, 9.17) is 14.9 Å². The van der Waals surface area contributed by atoms with Gasteiger partial charge >= 0.3 is 5.97 Å². The molecule has 0 aliphatic rings. The molecule has 0 spiro atoms. The lowest BCUT2D eigenvalue weighted by Crippen LogP contribution is -2.46. The summed E-state index contributed by atoms with van der Waals surface area (Å²) in [7, 11) is -1.94. The minimum absolute atomic E-state index is 0.0577. The number of esters is 1. The molecule has 0 heterocycles. The first kappa shape index (κ1) is 22.8. The second kappa shape index (κ2) is 9.14. The van der Waals surface area contributed by atoms with E-state index in [0.717, 1.165) is 0 Å². The third kappa shape index (κ3) is 7.14. The highest BCUT2D eigenvalue weighted by Gasteiger charge is 2.37. The summed E-state index contributed by atoms with van der Waals surface area (Å²) < 4.78 is 11.0. The molecule has 150 valence electrons. The number of benzene rings is 1. The van der Waals surface area contributed by atoms with Crippen LogP contribution in [0.4, 0.5) is 0 Å². The number of carbonyl (C=O) groups is 3. The van der Waals surface area contributed by atoms with Gasteiger partial charge in [0.1, 0.15) is 11.8 Å². The van der Waals surface area contributed by atoms with Crippen molar-refractivity contribution in [3.8, 4) is 5.75 Å². The zero-order valence-electron chi connectivity index (χ0n) is 16.9. The number of primary amides is 1. The number of nitrogens with two attached hydrogens (primary N) is 1. The van der Waals surface area contributed by atoms with Gasteiger partial charge in [0, 0.05) is 19.1 Å². The Kier molecular flexibility index (Phi) is 7.73. The molecule has 1 aromatic carbocycles. The Balaban J connectivity index is 2.67. The third-order valence-electron chi connectivity index (χ3n) is 4.70. The summed E-state index contributed by atoms with van der Waals surface area (Å²) in [6.45, 7) is 12.3. The summed E-state index contributed by atoms with van der Waals surface area (Å²) in [5.41, 5.74) is 5.76. The van der Waals surface area contributed by atoms with Crippen molar-refractivity contribution in [3.05, 3.63) is 29.8 Å². The molecule has 3 N–H and O–H groups in total. The third-order valence-corrected chi connectivity index (χ3v) is 9.24. The summed E-state index contributed by atoms with van der Waals surface area (Å²) in [5.74, 6) is -1.14. The van der Waals surface area contributed by atoms with Crippen LogP contribution in [0.15, 0.2) is 24.3 Å². The Morgan fingerprint density at radius 3 is 2.15 bits per heavy atom. The monoisotopic (exact) mass is 394 g/mol. The molecule has 0 unspecified atom stereocenters. The Morgan fingerprint density at radius 1 is 1.15 bits per heavy atom. The minimum atomic E-state index is -1.94. The lowest BCUT2D eigenvalue weighted by molar-refractivity contribution is -0.131. The normalized spacial score (nSPS) is 13.0. The Labute approximate surface area is 161 Å². The molecular weight excluding hydrogens is 364 g/mol. The molecule has 0 aliphatic heterocycles. The highest BCUT2D eigenvalue weighted by atomic mass is 28.4. The van der Waals surface area contributed by atoms with Crippen molar-refractivity contribution >= 4 is 26.1 Å². The smallest absolute Gasteiger partial charge is 0.308 e. The van der Waals surface area contributed by atoms with Gasteiger partial charge in [0.2, 0.25) is 5.91 Å². The number of hydrogen-bond acceptors (Lipinski definition) is 5. The van der Waals surface area contributed by atoms with Gasteiger partial charge in [-0.15, -0.1) is 0 Å². The van der Waals surface area contributed by atoms with Crippen molar-refractivity contribution in [1.29, 1.82) is 0 Å². The number of nitrogens with one attached hydrogen (secondary N) is 1. The quantitative estimate of drug-likeness (QED) is 0.400. The van der Waals surface area contributed by atoms with E-state index in [2.05, 4.69) is 39.2 Å². The van der Waals surface area contributed by atoms with Crippen molar-refractivity contribution in [2.75, 3.05) is 6.61 Å². The van der Waals surface area contributed by atoms with E-state index in [-0.39, 0.29) is 5.04 Å². The first-order valence-corrected chi connectivity index (χ1v) is 11.8. The topological polar surface area (TPSA) is 108 Å². The number of hydrogen-bond donors (Lipinski definition) is 2. The predicted molar refractivity (Wildman–Crippen MR) is 106 cm³/mol. The van der Waals surface area contributed by atoms with Gasteiger partial charge < -0.3 is 20.2 Å². The fraction of sp³-hybridized carbons (Fsp3) is 0.526. The van der Waals surface area contributed by atoms with Crippen LogP contribution in [-0.4, -0.2) is 38.7 Å². The fourth-order valence-electron chi connectivity index (χ4n) is 2.02. The van der Waals surface area contributed by atoms with Crippen LogP contribution >= 0.6 is 0 Å². The molecule has 0 radical (unpaired) electrons. The van der Waals surface area contributed by atoms with E-state index in [1.54, 1.807) is 0 Å². The van der Waals surface area contributed by atoms with Gasteiger partial charge in [-0.1, -0.05) is 20.8 Å². The molecule has 0 aromatic heterocycles. The van der Waals surface area contributed by atoms with Crippen LogP contribution in [-0.2, 0) is 14.0 Å². The molecule has 27 heavy (non-hydrogen) atoms. The molecule has 0 aliphatic carbocycles. The first-order chi connectivity index (χ1) is 12.3. The fourth-order valence-corrected chi connectivity index (χ4v) is 3.08. The molecule has 1 atom stereocenters. The molecule has 0 fully saturated rings. The van der Waals surface area contributed by atoms with Crippen LogP contribution in [0.2, 0.25) is 18.1 Å². The van der Waals surface area contributed by atoms with Gasteiger partial charge in [0.15, 0.2) is 8.32 Å². The highest BCUT2D eigenvalue weighted by molar-refractivity contribution is 6.74. The molecule has 8 heteroatoms. The highest BCUT2D eigenvalue weighted by Crippen LogP contribution is 2.36. The van der Waals surface area contributed by atoms with Crippen LogP contribution in [0.1, 0.15) is 44.5 Å². The van der Waals surface area contributed by atoms with Crippen LogP contribution < -0.4 is 15.8 Å². The standard InChI is InChI=1S/C19H30N2O5Si/c1-13(22)26-15-9-7-14(8-10-15)18(24)21-16(17(20)23)11-12-25-27(5,6)19(2,3)4/h7-10,16H,11-12H2,1-6H3,(H2,20,23)(H,21,24)/t16-/m0/s1. The SMILES string of the molecule is CC(=O)Oc1ccc(C(=O)N[C@@H](CCO[Si](C)(C)C(C)(C)C)C(N)=O)cc1. The summed E-state index contributed by atoms with van der Waals surface area (Å²) >= 11 is 0. The minimum Gasteiger partial charge on any atom is -0.427 e. The molecule has 0 bridgehead atoms. The second-order valence-corrected chi connectivity index (χ2v) is 12.8. The van der Waals surface area contributed by atoms with Crippen molar-refractivity contribution in [3.63, 3.8) is 0 Å². The predicted octanol–water partition coefficient (Wildman–Crippen LogP) is 2.61. The van der Waals surface area contributed by atoms with Crippen molar-refractivity contribution in [1.82, 2.24) is 5.32 Å². The number of ether oxygens (including phenoxy) is 1. The molecule has 7 nitrogen and oxygen atoms in total. The van der Waals surface area contributed by atoms with Crippen LogP contribution in [0.25, 0.3) is 0 Å². The number of rotatable bonds is 8. The van der Waals surface area contributed by atoms with Crippen LogP contribution in [0.3, 0.4) is 0 Å². The molecule has 0 saturated heterocycles. The van der Waals surface area contributed by atoms with Gasteiger partial charge in [-0.2, -0.15) is 0 Å². The van der Waals surface area contributed by atoms with Crippen molar-refractivity contribution < 1.29 is 23.5 Å². The lowest BCUT2D eigenvalue weighted by atomic mass is 10.1. The molecular formula is C19H30N2O5Si. The van der Waals surface area contributed by atoms with E-state index < -0.39 is 32.1 Å². The van der Waals surface area contributed by atoms with Gasteiger partial charge in [-0.3, -0.25) is 14.4 Å². The van der Waals surface area contributed by atoms with Gasteiger partial charge in [-0.05, 0) is 48.8 Å². The number of amides is 2. The van der Waals surface area contributed by atoms with E-state index in [0.29, 0.717) is 24.3 Å². The maximum atomic E-state index is 12.4. The molecule has 1 aromatic rings. The Morgan fingerprint density at radius 2 is 1.70 bits per heavy atom. The average Bonchev–Trinajstić information content (AvgIpc) is 2.52. The summed E-state index contributed by atoms with van der Waals surface area (Å²) in [6.07, 6.45) is 0.305.